The maximum absolute atomic E-state index is 12.8. The Balaban J connectivity index is 1.60. The molecule has 190 valence electrons. The molecule has 2 aliphatic heterocycles. The Morgan fingerprint density at radius 2 is 0.971 bits per heavy atom. The van der Waals surface area contributed by atoms with Crippen molar-refractivity contribution in [3.63, 3.8) is 0 Å². The average Bonchev–Trinajstić information content (AvgIpc) is 2.85. The lowest BCUT2D eigenvalue weighted by Crippen LogP contribution is -2.51. The number of esters is 2. The Kier molecular flexibility index (Phi) is 7.55. The third kappa shape index (κ3) is 7.54. The molecule has 1 aromatic carbocycles. The molecule has 34 heavy (non-hydrogen) atoms. The molecule has 3 rings (SSSR count). The summed E-state index contributed by atoms with van der Waals surface area (Å²) in [6, 6.07) is 6.63. The van der Waals surface area contributed by atoms with Crippen molar-refractivity contribution in [3.8, 4) is 0 Å². The number of nitrogens with one attached hydrogen (secondary N) is 2. The molecule has 0 amide bonds. The van der Waals surface area contributed by atoms with Crippen molar-refractivity contribution >= 4 is 11.9 Å². The van der Waals surface area contributed by atoms with Gasteiger partial charge in [-0.1, -0.05) is 0 Å². The van der Waals surface area contributed by atoms with E-state index in [0.717, 1.165) is 38.5 Å². The fourth-order valence-electron chi connectivity index (χ4n) is 5.83. The van der Waals surface area contributed by atoms with Gasteiger partial charge in [0.05, 0.1) is 11.1 Å². The Morgan fingerprint density at radius 1 is 0.647 bits per heavy atom. The number of ether oxygens (including phenoxy) is 2. The Labute approximate surface area is 205 Å². The van der Waals surface area contributed by atoms with E-state index in [0.29, 0.717) is 11.1 Å². The SMILES string of the molecule is CC1(C)CCC(OC(=O)c2ccc(C(=O)OC3CCC(C)(C)NC(C)(C)C3)cc2)CC(C)(C)N1. The van der Waals surface area contributed by atoms with Gasteiger partial charge in [0.1, 0.15) is 12.2 Å². The van der Waals surface area contributed by atoms with Gasteiger partial charge in [-0.05, 0) is 105 Å². The van der Waals surface area contributed by atoms with Crippen molar-refractivity contribution in [3.05, 3.63) is 35.4 Å². The minimum atomic E-state index is -0.348. The summed E-state index contributed by atoms with van der Waals surface area (Å²) in [5.41, 5.74) is 0.682. The van der Waals surface area contributed by atoms with Crippen LogP contribution in [-0.4, -0.2) is 46.3 Å². The maximum Gasteiger partial charge on any atom is 0.338 e. The molecule has 2 saturated heterocycles. The number of carbonyl (C=O) groups excluding carboxylic acids is 2. The molecule has 0 radical (unpaired) electrons. The molecule has 6 nitrogen and oxygen atoms in total. The highest BCUT2D eigenvalue weighted by atomic mass is 16.5. The molecule has 0 aliphatic carbocycles. The second-order valence-electron chi connectivity index (χ2n) is 12.9. The minimum absolute atomic E-state index is 0.00500. The fraction of sp³-hybridized carbons (Fsp3) is 0.714. The molecule has 0 aromatic heterocycles. The van der Waals surface area contributed by atoms with Gasteiger partial charge in [0.25, 0.3) is 0 Å². The second kappa shape index (κ2) is 9.62. The lowest BCUT2D eigenvalue weighted by molar-refractivity contribution is 0.0212. The zero-order valence-corrected chi connectivity index (χ0v) is 22.3. The van der Waals surface area contributed by atoms with E-state index in [1.54, 1.807) is 24.3 Å². The summed E-state index contributed by atoms with van der Waals surface area (Å²) >= 11 is 0. The average molecular weight is 473 g/mol. The van der Waals surface area contributed by atoms with Crippen LogP contribution < -0.4 is 10.6 Å². The van der Waals surface area contributed by atoms with E-state index >= 15 is 0 Å². The van der Waals surface area contributed by atoms with E-state index in [4.69, 9.17) is 9.47 Å². The van der Waals surface area contributed by atoms with Crippen molar-refractivity contribution in [2.24, 2.45) is 0 Å². The van der Waals surface area contributed by atoms with Crippen LogP contribution in [0.15, 0.2) is 24.3 Å². The molecule has 2 atom stereocenters. The lowest BCUT2D eigenvalue weighted by Gasteiger charge is -2.34. The molecule has 2 aliphatic rings. The van der Waals surface area contributed by atoms with Gasteiger partial charge >= 0.3 is 11.9 Å². The lowest BCUT2D eigenvalue weighted by atomic mass is 9.96. The van der Waals surface area contributed by atoms with Crippen LogP contribution >= 0.6 is 0 Å². The predicted molar refractivity (Wildman–Crippen MR) is 135 cm³/mol. The third-order valence-corrected chi connectivity index (χ3v) is 6.92. The van der Waals surface area contributed by atoms with Gasteiger partial charge in [0.15, 0.2) is 0 Å². The smallest absolute Gasteiger partial charge is 0.338 e. The van der Waals surface area contributed by atoms with Gasteiger partial charge in [-0.3, -0.25) is 0 Å². The van der Waals surface area contributed by atoms with E-state index in [1.807, 2.05) is 0 Å². The van der Waals surface area contributed by atoms with Crippen molar-refractivity contribution in [1.82, 2.24) is 10.6 Å². The largest absolute Gasteiger partial charge is 0.459 e. The number of benzene rings is 1. The fourth-order valence-corrected chi connectivity index (χ4v) is 5.83. The minimum Gasteiger partial charge on any atom is -0.459 e. The monoisotopic (exact) mass is 472 g/mol. The van der Waals surface area contributed by atoms with Crippen molar-refractivity contribution in [2.45, 2.75) is 128 Å². The van der Waals surface area contributed by atoms with Crippen molar-refractivity contribution < 1.29 is 19.1 Å². The van der Waals surface area contributed by atoms with Crippen LogP contribution in [0.1, 0.15) is 115 Å². The van der Waals surface area contributed by atoms with Gasteiger partial charge in [-0.15, -0.1) is 0 Å². The van der Waals surface area contributed by atoms with Crippen LogP contribution in [-0.2, 0) is 9.47 Å². The molecular weight excluding hydrogens is 428 g/mol. The molecular formula is C28H44N2O4. The van der Waals surface area contributed by atoms with Gasteiger partial charge in [-0.25, -0.2) is 9.59 Å². The molecule has 2 N–H and O–H groups in total. The molecule has 2 unspecified atom stereocenters. The van der Waals surface area contributed by atoms with Gasteiger partial charge in [0.2, 0.25) is 0 Å². The molecule has 2 fully saturated rings. The summed E-state index contributed by atoms with van der Waals surface area (Å²) in [6.07, 6.45) is 4.75. The number of carbonyl (C=O) groups is 2. The molecule has 0 saturated carbocycles. The zero-order chi connectivity index (χ0) is 25.4. The van der Waals surface area contributed by atoms with E-state index in [9.17, 15) is 9.59 Å². The molecule has 0 spiro atoms. The number of hydrogen-bond acceptors (Lipinski definition) is 6. The highest BCUT2D eigenvalue weighted by molar-refractivity contribution is 5.93. The van der Waals surface area contributed by atoms with Crippen LogP contribution in [0.25, 0.3) is 0 Å². The van der Waals surface area contributed by atoms with Crippen LogP contribution in [0.4, 0.5) is 0 Å². The summed E-state index contributed by atoms with van der Waals surface area (Å²) in [7, 11) is 0. The summed E-state index contributed by atoms with van der Waals surface area (Å²) in [4.78, 5) is 25.6. The van der Waals surface area contributed by atoms with Crippen molar-refractivity contribution in [1.29, 1.82) is 0 Å². The van der Waals surface area contributed by atoms with Crippen LogP contribution in [0.5, 0.6) is 0 Å². The number of rotatable bonds is 4. The van der Waals surface area contributed by atoms with Gasteiger partial charge in [0, 0.05) is 35.0 Å². The predicted octanol–water partition coefficient (Wildman–Crippen LogP) is 5.40. The van der Waals surface area contributed by atoms with Gasteiger partial charge in [-0.2, -0.15) is 0 Å². The van der Waals surface area contributed by atoms with E-state index < -0.39 is 0 Å². The highest BCUT2D eigenvalue weighted by Crippen LogP contribution is 2.30. The third-order valence-electron chi connectivity index (χ3n) is 6.92. The normalized spacial score (nSPS) is 27.6. The molecule has 6 heteroatoms. The Morgan fingerprint density at radius 3 is 1.29 bits per heavy atom. The molecule has 0 bridgehead atoms. The number of hydrogen-bond donors (Lipinski definition) is 2. The van der Waals surface area contributed by atoms with Crippen molar-refractivity contribution in [2.75, 3.05) is 0 Å². The molecule has 2 heterocycles. The van der Waals surface area contributed by atoms with Gasteiger partial charge < -0.3 is 20.1 Å². The molecule has 1 aromatic rings. The quantitative estimate of drug-likeness (QED) is 0.572. The first kappa shape index (κ1) is 26.7. The van der Waals surface area contributed by atoms with E-state index in [2.05, 4.69) is 66.0 Å². The maximum atomic E-state index is 12.8. The summed E-state index contributed by atoms with van der Waals surface area (Å²) in [6.45, 7) is 17.3. The second-order valence-corrected chi connectivity index (χ2v) is 12.9. The first-order valence-electron chi connectivity index (χ1n) is 12.7. The highest BCUT2D eigenvalue weighted by Gasteiger charge is 2.37. The Bertz CT molecular complexity index is 813. The van der Waals surface area contributed by atoms with Crippen LogP contribution in [0, 0.1) is 0 Å². The van der Waals surface area contributed by atoms with E-state index in [-0.39, 0.29) is 46.3 Å². The van der Waals surface area contributed by atoms with Crippen LogP contribution in [0.2, 0.25) is 0 Å². The van der Waals surface area contributed by atoms with Crippen LogP contribution in [0.3, 0.4) is 0 Å². The standard InChI is InChI=1S/C28H44N2O4/c1-25(2)15-13-21(17-27(5,6)29-25)33-23(31)19-9-11-20(12-10-19)24(32)34-22-14-16-26(3,4)30-28(7,8)18-22/h9-12,21-22,29-30H,13-18H2,1-8H3. The summed E-state index contributed by atoms with van der Waals surface area (Å²) < 4.78 is 11.7. The summed E-state index contributed by atoms with van der Waals surface area (Å²) in [5.74, 6) is -0.696. The first-order chi connectivity index (χ1) is 15.5. The topological polar surface area (TPSA) is 76.7 Å². The Hall–Kier alpha value is -1.92. The summed E-state index contributed by atoms with van der Waals surface area (Å²) in [5, 5.41) is 7.32. The van der Waals surface area contributed by atoms with E-state index in [1.165, 1.54) is 0 Å². The zero-order valence-electron chi connectivity index (χ0n) is 22.3. The first-order valence-corrected chi connectivity index (χ1v) is 12.7.